The van der Waals surface area contributed by atoms with Crippen LogP contribution in [-0.4, -0.2) is 16.5 Å². The second-order valence-corrected chi connectivity index (χ2v) is 3.64. The molecule has 0 saturated carbocycles. The summed E-state index contributed by atoms with van der Waals surface area (Å²) in [6, 6.07) is 3.65. The quantitative estimate of drug-likeness (QED) is 0.292. The standard InChI is InChI=1S/C12H12N6/c13-10-4-5-11-12(16-8-7-15-11)9(10)3-1-2-6-17-18-14/h1,3-5,7-8H,2,6,13H2. The first-order valence-corrected chi connectivity index (χ1v) is 5.49. The molecule has 0 unspecified atom stereocenters. The SMILES string of the molecule is [N-]=[N+]=NCCC=Cc1c(N)ccc2nccnc12. The predicted octanol–water partition coefficient (Wildman–Crippen LogP) is 2.93. The minimum absolute atomic E-state index is 0.434. The molecule has 0 spiro atoms. The Kier molecular flexibility index (Phi) is 3.73. The summed E-state index contributed by atoms with van der Waals surface area (Å²) >= 11 is 0. The van der Waals surface area contributed by atoms with Gasteiger partial charge in [0.15, 0.2) is 0 Å². The Morgan fingerprint density at radius 2 is 2.17 bits per heavy atom. The van der Waals surface area contributed by atoms with Gasteiger partial charge in [-0.15, -0.1) is 0 Å². The van der Waals surface area contributed by atoms with E-state index in [2.05, 4.69) is 20.0 Å². The van der Waals surface area contributed by atoms with Gasteiger partial charge in [0.25, 0.3) is 0 Å². The van der Waals surface area contributed by atoms with Crippen LogP contribution >= 0.6 is 0 Å². The molecule has 1 heterocycles. The van der Waals surface area contributed by atoms with E-state index in [1.807, 2.05) is 24.3 Å². The van der Waals surface area contributed by atoms with E-state index in [1.54, 1.807) is 12.4 Å². The molecule has 1 aromatic carbocycles. The number of benzene rings is 1. The van der Waals surface area contributed by atoms with E-state index in [4.69, 9.17) is 11.3 Å². The fourth-order valence-electron chi connectivity index (χ4n) is 1.63. The van der Waals surface area contributed by atoms with Gasteiger partial charge in [-0.25, -0.2) is 0 Å². The molecule has 6 heteroatoms. The lowest BCUT2D eigenvalue weighted by molar-refractivity contribution is 0.996. The zero-order valence-corrected chi connectivity index (χ0v) is 9.69. The first-order chi connectivity index (χ1) is 8.83. The number of hydrogen-bond donors (Lipinski definition) is 1. The van der Waals surface area contributed by atoms with E-state index in [0.717, 1.165) is 16.6 Å². The number of anilines is 1. The number of nitrogen functional groups attached to an aromatic ring is 1. The lowest BCUT2D eigenvalue weighted by Crippen LogP contribution is -1.93. The van der Waals surface area contributed by atoms with Gasteiger partial charge in [-0.05, 0) is 24.1 Å². The molecule has 0 radical (unpaired) electrons. The molecule has 2 rings (SSSR count). The highest BCUT2D eigenvalue weighted by Crippen LogP contribution is 2.22. The fraction of sp³-hybridized carbons (Fsp3) is 0.167. The van der Waals surface area contributed by atoms with Crippen molar-refractivity contribution in [2.45, 2.75) is 6.42 Å². The Morgan fingerprint density at radius 1 is 1.33 bits per heavy atom. The summed E-state index contributed by atoms with van der Waals surface area (Å²) in [5.74, 6) is 0. The Bertz CT molecular complexity index is 628. The lowest BCUT2D eigenvalue weighted by Gasteiger charge is -2.04. The monoisotopic (exact) mass is 240 g/mol. The van der Waals surface area contributed by atoms with Crippen LogP contribution in [0.2, 0.25) is 0 Å². The maximum absolute atomic E-state index is 8.16. The van der Waals surface area contributed by atoms with Crippen molar-refractivity contribution in [1.29, 1.82) is 0 Å². The van der Waals surface area contributed by atoms with Gasteiger partial charge in [-0.2, -0.15) is 0 Å². The molecule has 0 amide bonds. The molecule has 6 nitrogen and oxygen atoms in total. The molecule has 0 aliphatic heterocycles. The third-order valence-electron chi connectivity index (χ3n) is 2.46. The van der Waals surface area contributed by atoms with Gasteiger partial charge in [0, 0.05) is 35.1 Å². The van der Waals surface area contributed by atoms with Crippen molar-refractivity contribution in [3.8, 4) is 0 Å². The first kappa shape index (κ1) is 11.9. The highest BCUT2D eigenvalue weighted by molar-refractivity contribution is 5.89. The second kappa shape index (κ2) is 5.65. The van der Waals surface area contributed by atoms with Gasteiger partial charge in [0.2, 0.25) is 0 Å². The van der Waals surface area contributed by atoms with Crippen LogP contribution in [0, 0.1) is 0 Å². The van der Waals surface area contributed by atoms with Crippen LogP contribution in [0.1, 0.15) is 12.0 Å². The summed E-state index contributed by atoms with van der Waals surface area (Å²) in [5.41, 5.74) is 17.2. The van der Waals surface area contributed by atoms with Crippen molar-refractivity contribution in [3.63, 3.8) is 0 Å². The molecule has 90 valence electrons. The lowest BCUT2D eigenvalue weighted by atomic mass is 10.1. The van der Waals surface area contributed by atoms with Crippen molar-refractivity contribution in [2.75, 3.05) is 12.3 Å². The average Bonchev–Trinajstić information content (AvgIpc) is 2.41. The van der Waals surface area contributed by atoms with Crippen LogP contribution in [0.5, 0.6) is 0 Å². The van der Waals surface area contributed by atoms with E-state index < -0.39 is 0 Å². The summed E-state index contributed by atoms with van der Waals surface area (Å²) in [5, 5.41) is 3.46. The first-order valence-electron chi connectivity index (χ1n) is 5.49. The van der Waals surface area contributed by atoms with Crippen molar-refractivity contribution in [2.24, 2.45) is 5.11 Å². The highest BCUT2D eigenvalue weighted by atomic mass is 15.1. The summed E-state index contributed by atoms with van der Waals surface area (Å²) in [6.07, 6.45) is 7.75. The van der Waals surface area contributed by atoms with Gasteiger partial charge in [0.1, 0.15) is 0 Å². The summed E-state index contributed by atoms with van der Waals surface area (Å²) < 4.78 is 0. The van der Waals surface area contributed by atoms with Crippen LogP contribution in [0.3, 0.4) is 0 Å². The molecule has 0 fully saturated rings. The fourth-order valence-corrected chi connectivity index (χ4v) is 1.63. The van der Waals surface area contributed by atoms with Crippen molar-refractivity contribution >= 4 is 22.8 Å². The summed E-state index contributed by atoms with van der Waals surface area (Å²) in [7, 11) is 0. The second-order valence-electron chi connectivity index (χ2n) is 3.64. The van der Waals surface area contributed by atoms with Gasteiger partial charge in [-0.1, -0.05) is 17.3 Å². The van der Waals surface area contributed by atoms with Gasteiger partial charge >= 0.3 is 0 Å². The molecule has 0 atom stereocenters. The Morgan fingerprint density at radius 3 is 3.00 bits per heavy atom. The average molecular weight is 240 g/mol. The molecule has 0 aliphatic rings. The van der Waals surface area contributed by atoms with Crippen LogP contribution in [0.4, 0.5) is 5.69 Å². The third kappa shape index (κ3) is 2.56. The van der Waals surface area contributed by atoms with E-state index in [0.29, 0.717) is 18.7 Å². The maximum Gasteiger partial charge on any atom is 0.0979 e. The van der Waals surface area contributed by atoms with Gasteiger partial charge in [0.05, 0.1) is 11.0 Å². The van der Waals surface area contributed by atoms with Crippen LogP contribution < -0.4 is 5.73 Å². The van der Waals surface area contributed by atoms with Crippen molar-refractivity contribution < 1.29 is 0 Å². The number of azide groups is 1. The number of rotatable bonds is 4. The minimum atomic E-state index is 0.434. The Balaban J connectivity index is 2.31. The number of aromatic nitrogens is 2. The molecular formula is C12H12N6. The number of hydrogen-bond acceptors (Lipinski definition) is 4. The molecule has 0 bridgehead atoms. The maximum atomic E-state index is 8.16. The Labute approximate surface area is 104 Å². The predicted molar refractivity (Wildman–Crippen MR) is 71.6 cm³/mol. The largest absolute Gasteiger partial charge is 0.398 e. The third-order valence-corrected chi connectivity index (χ3v) is 2.46. The van der Waals surface area contributed by atoms with Crippen LogP contribution in [0.15, 0.2) is 35.7 Å². The number of nitrogens with zero attached hydrogens (tertiary/aromatic N) is 5. The minimum Gasteiger partial charge on any atom is -0.398 e. The zero-order chi connectivity index (χ0) is 12.8. The smallest absolute Gasteiger partial charge is 0.0979 e. The molecule has 1 aromatic heterocycles. The molecule has 2 aromatic rings. The van der Waals surface area contributed by atoms with Crippen LogP contribution in [0.25, 0.3) is 27.6 Å². The Hall–Kier alpha value is -2.59. The van der Waals surface area contributed by atoms with Crippen molar-refractivity contribution in [1.82, 2.24) is 9.97 Å². The van der Waals surface area contributed by atoms with Crippen LogP contribution in [-0.2, 0) is 0 Å². The molecule has 2 N–H and O–H groups in total. The highest BCUT2D eigenvalue weighted by Gasteiger charge is 2.03. The normalized spacial score (nSPS) is 10.7. The van der Waals surface area contributed by atoms with Gasteiger partial charge in [-0.3, -0.25) is 9.97 Å². The summed E-state index contributed by atoms with van der Waals surface area (Å²) in [4.78, 5) is 11.2. The van der Waals surface area contributed by atoms with E-state index in [1.165, 1.54) is 0 Å². The number of nitrogens with two attached hydrogens (primary N) is 1. The molecular weight excluding hydrogens is 228 g/mol. The van der Waals surface area contributed by atoms with Gasteiger partial charge < -0.3 is 5.73 Å². The molecule has 0 aliphatic carbocycles. The topological polar surface area (TPSA) is 101 Å². The zero-order valence-electron chi connectivity index (χ0n) is 9.69. The van der Waals surface area contributed by atoms with E-state index in [9.17, 15) is 0 Å². The molecule has 18 heavy (non-hydrogen) atoms. The van der Waals surface area contributed by atoms with E-state index in [-0.39, 0.29) is 0 Å². The van der Waals surface area contributed by atoms with E-state index >= 15 is 0 Å². The molecule has 0 saturated heterocycles. The van der Waals surface area contributed by atoms with Crippen molar-refractivity contribution in [3.05, 3.63) is 46.6 Å². The number of fused-ring (bicyclic) bond motifs is 1. The summed E-state index contributed by atoms with van der Waals surface area (Å²) in [6.45, 7) is 0.434.